The van der Waals surface area contributed by atoms with Crippen LogP contribution in [0.25, 0.3) is 0 Å². The zero-order valence-electron chi connectivity index (χ0n) is 17.8. The highest BCUT2D eigenvalue weighted by Gasteiger charge is 2.23. The Morgan fingerprint density at radius 1 is 1.03 bits per heavy atom. The first-order chi connectivity index (χ1) is 15.4. The molecule has 3 rings (SSSR count). The van der Waals surface area contributed by atoms with Gasteiger partial charge in [0.05, 0.1) is 18.8 Å². The predicted molar refractivity (Wildman–Crippen MR) is 119 cm³/mol. The van der Waals surface area contributed by atoms with E-state index < -0.39 is 6.09 Å². The molecule has 1 aromatic heterocycles. The summed E-state index contributed by atoms with van der Waals surface area (Å²) in [4.78, 5) is 38.1. The number of benzene rings is 1. The highest BCUT2D eigenvalue weighted by Crippen LogP contribution is 2.21. The molecule has 0 radical (unpaired) electrons. The lowest BCUT2D eigenvalue weighted by Crippen LogP contribution is -2.31. The Hall–Kier alpha value is -2.58. The van der Waals surface area contributed by atoms with Crippen LogP contribution in [-0.4, -0.2) is 45.7 Å². The summed E-state index contributed by atoms with van der Waals surface area (Å²) in [5.41, 5.74) is 1.80. The maximum absolute atomic E-state index is 12.6. The number of ketones is 1. The van der Waals surface area contributed by atoms with E-state index >= 15 is 0 Å². The van der Waals surface area contributed by atoms with Crippen LogP contribution in [0.4, 0.5) is 4.79 Å². The Morgan fingerprint density at radius 3 is 2.50 bits per heavy atom. The molecule has 0 saturated heterocycles. The second-order valence-electron chi connectivity index (χ2n) is 7.43. The molecular formula is C22H25Cl2N3O5. The van der Waals surface area contributed by atoms with Gasteiger partial charge < -0.3 is 14.4 Å². The molecule has 0 N–H and O–H groups in total. The molecule has 8 nitrogen and oxygen atoms in total. The molecule has 172 valence electrons. The van der Waals surface area contributed by atoms with Gasteiger partial charge in [-0.15, -0.1) is 0 Å². The molecule has 1 aliphatic heterocycles. The lowest BCUT2D eigenvalue weighted by atomic mass is 10.1. The Morgan fingerprint density at radius 2 is 1.78 bits per heavy atom. The Bertz CT molecular complexity index is 972. The average Bonchev–Trinajstić information content (AvgIpc) is 3.03. The lowest BCUT2D eigenvalue weighted by molar-refractivity contribution is -0.143. The molecule has 0 bridgehead atoms. The van der Waals surface area contributed by atoms with Crippen molar-refractivity contribution in [1.82, 2.24) is 14.7 Å². The normalized spacial score (nSPS) is 13.3. The second kappa shape index (κ2) is 11.3. The van der Waals surface area contributed by atoms with E-state index in [1.54, 1.807) is 40.8 Å². The van der Waals surface area contributed by atoms with Gasteiger partial charge in [-0.1, -0.05) is 23.2 Å². The van der Waals surface area contributed by atoms with E-state index in [0.29, 0.717) is 53.8 Å². The number of carbonyl (C=O) groups is 3. The van der Waals surface area contributed by atoms with Crippen molar-refractivity contribution in [3.8, 4) is 0 Å². The summed E-state index contributed by atoms with van der Waals surface area (Å²) < 4.78 is 12.1. The van der Waals surface area contributed by atoms with Gasteiger partial charge in [-0.2, -0.15) is 5.10 Å². The molecule has 0 saturated carbocycles. The number of esters is 1. The largest absolute Gasteiger partial charge is 0.466 e. The third kappa shape index (κ3) is 6.71. The summed E-state index contributed by atoms with van der Waals surface area (Å²) >= 11 is 12.0. The van der Waals surface area contributed by atoms with Crippen LogP contribution in [0.1, 0.15) is 54.4 Å². The molecule has 0 aliphatic carbocycles. The number of hydrogen-bond acceptors (Lipinski definition) is 6. The highest BCUT2D eigenvalue weighted by molar-refractivity contribution is 6.34. The van der Waals surface area contributed by atoms with Crippen LogP contribution in [0.15, 0.2) is 24.3 Å². The summed E-state index contributed by atoms with van der Waals surface area (Å²) in [6, 6.07) is 6.70. The van der Waals surface area contributed by atoms with Crippen molar-refractivity contribution in [3.05, 3.63) is 51.3 Å². The van der Waals surface area contributed by atoms with Gasteiger partial charge in [-0.05, 0) is 49.6 Å². The fourth-order valence-corrected chi connectivity index (χ4v) is 4.01. The van der Waals surface area contributed by atoms with Crippen LogP contribution in [0.5, 0.6) is 0 Å². The molecule has 2 heterocycles. The van der Waals surface area contributed by atoms with Crippen molar-refractivity contribution in [2.75, 3.05) is 13.2 Å². The van der Waals surface area contributed by atoms with Crippen LogP contribution < -0.4 is 0 Å². The number of rotatable bonds is 8. The minimum atomic E-state index is -0.460. The number of nitrogens with zero attached hydrogens (tertiary/aromatic N) is 3. The third-order valence-corrected chi connectivity index (χ3v) is 5.37. The first kappa shape index (κ1) is 24.1. The first-order valence-corrected chi connectivity index (χ1v) is 11.2. The van der Waals surface area contributed by atoms with Gasteiger partial charge in [0.2, 0.25) is 0 Å². The monoisotopic (exact) mass is 481 g/mol. The smallest absolute Gasteiger partial charge is 0.410 e. The van der Waals surface area contributed by atoms with Crippen molar-refractivity contribution in [2.24, 2.45) is 0 Å². The quantitative estimate of drug-likeness (QED) is 0.402. The summed E-state index contributed by atoms with van der Waals surface area (Å²) in [6.45, 7) is 3.53. The summed E-state index contributed by atoms with van der Waals surface area (Å²) in [5, 5.41) is 5.34. The molecule has 0 unspecified atom stereocenters. The predicted octanol–water partition coefficient (Wildman–Crippen LogP) is 4.65. The minimum Gasteiger partial charge on any atom is -0.466 e. The highest BCUT2D eigenvalue weighted by atomic mass is 35.5. The zero-order chi connectivity index (χ0) is 23.1. The Kier molecular flexibility index (Phi) is 8.53. The zero-order valence-corrected chi connectivity index (χ0v) is 19.3. The Balaban J connectivity index is 1.56. The number of fused-ring (bicyclic) bond motifs is 1. The number of halogens is 2. The van der Waals surface area contributed by atoms with E-state index in [0.717, 1.165) is 5.69 Å². The van der Waals surface area contributed by atoms with Gasteiger partial charge in [0, 0.05) is 36.0 Å². The maximum atomic E-state index is 12.6. The van der Waals surface area contributed by atoms with E-state index in [4.69, 9.17) is 32.7 Å². The first-order valence-electron chi connectivity index (χ1n) is 10.5. The van der Waals surface area contributed by atoms with Gasteiger partial charge >= 0.3 is 12.1 Å². The molecule has 0 atom stereocenters. The number of carbonyl (C=O) groups excluding carboxylic acids is 3. The average molecular weight is 482 g/mol. The van der Waals surface area contributed by atoms with Gasteiger partial charge in [0.1, 0.15) is 12.3 Å². The number of ether oxygens (including phenoxy) is 2. The van der Waals surface area contributed by atoms with Crippen LogP contribution in [0.3, 0.4) is 0 Å². The number of hydrogen-bond donors (Lipinski definition) is 0. The van der Waals surface area contributed by atoms with Crippen LogP contribution in [0.2, 0.25) is 10.0 Å². The molecule has 32 heavy (non-hydrogen) atoms. The summed E-state index contributed by atoms with van der Waals surface area (Å²) in [7, 11) is 0. The summed E-state index contributed by atoms with van der Waals surface area (Å²) in [5.74, 6) is -0.447. The van der Waals surface area contributed by atoms with E-state index in [1.807, 2.05) is 0 Å². The van der Waals surface area contributed by atoms with Crippen LogP contribution in [0, 0.1) is 0 Å². The molecule has 1 amide bonds. The van der Waals surface area contributed by atoms with Crippen molar-refractivity contribution in [2.45, 2.75) is 52.3 Å². The number of aryl methyl sites for hydroxylation is 1. The van der Waals surface area contributed by atoms with E-state index in [1.165, 1.54) is 0 Å². The SMILES string of the molecule is CCOC(=O)CCCC(=O)c1cc2n(n1)CCCN(C(=O)OCc1cc(Cl)cc(Cl)c1)C2. The molecular weight excluding hydrogens is 457 g/mol. The molecule has 10 heteroatoms. The molecule has 2 aromatic rings. The van der Waals surface area contributed by atoms with Gasteiger partial charge in [0.15, 0.2) is 5.78 Å². The molecule has 1 aliphatic rings. The number of Topliss-reactive ketones (excluding diaryl/α,β-unsaturated/α-hetero) is 1. The van der Waals surface area contributed by atoms with Gasteiger partial charge in [-0.25, -0.2) is 4.79 Å². The second-order valence-corrected chi connectivity index (χ2v) is 8.31. The molecule has 0 fully saturated rings. The third-order valence-electron chi connectivity index (χ3n) is 4.93. The van der Waals surface area contributed by atoms with Gasteiger partial charge in [0.25, 0.3) is 0 Å². The van der Waals surface area contributed by atoms with Crippen molar-refractivity contribution in [3.63, 3.8) is 0 Å². The number of amides is 1. The fraction of sp³-hybridized carbons (Fsp3) is 0.455. The maximum Gasteiger partial charge on any atom is 0.410 e. The molecule has 1 aromatic carbocycles. The Labute approximate surface area is 196 Å². The summed E-state index contributed by atoms with van der Waals surface area (Å²) in [6.07, 6.45) is 1.04. The van der Waals surface area contributed by atoms with E-state index in [-0.39, 0.29) is 37.7 Å². The lowest BCUT2D eigenvalue weighted by Gasteiger charge is -2.19. The van der Waals surface area contributed by atoms with E-state index in [2.05, 4.69) is 5.10 Å². The van der Waals surface area contributed by atoms with Crippen molar-refractivity contribution < 1.29 is 23.9 Å². The van der Waals surface area contributed by atoms with E-state index in [9.17, 15) is 14.4 Å². The minimum absolute atomic E-state index is 0.0546. The van der Waals surface area contributed by atoms with Gasteiger partial charge in [-0.3, -0.25) is 14.3 Å². The standard InChI is InChI=1S/C22H25Cl2N3O5/c1-2-31-21(29)6-3-5-20(28)19-12-18-13-26(7-4-8-27(18)25-19)22(30)32-14-15-9-16(23)11-17(24)10-15/h9-12H,2-8,13-14H2,1H3. The van der Waals surface area contributed by atoms with Crippen molar-refractivity contribution in [1.29, 1.82) is 0 Å². The van der Waals surface area contributed by atoms with Crippen LogP contribution in [-0.2, 0) is 34.0 Å². The van der Waals surface area contributed by atoms with Crippen LogP contribution >= 0.6 is 23.2 Å². The topological polar surface area (TPSA) is 90.7 Å². The fourth-order valence-electron chi connectivity index (χ4n) is 3.44. The molecule has 0 spiro atoms. The van der Waals surface area contributed by atoms with Crippen molar-refractivity contribution >= 4 is 41.0 Å². The number of aromatic nitrogens is 2.